The number of rotatable bonds is 4. The van der Waals surface area contributed by atoms with E-state index in [0.29, 0.717) is 43.1 Å². The number of sulfonamides is 1. The van der Waals surface area contributed by atoms with Gasteiger partial charge in [-0.3, -0.25) is 4.79 Å². The Morgan fingerprint density at radius 2 is 1.93 bits per heavy atom. The summed E-state index contributed by atoms with van der Waals surface area (Å²) in [5.74, 6) is -0.118. The maximum absolute atomic E-state index is 13.3. The molecular formula is C18H23FN4O3S. The highest BCUT2D eigenvalue weighted by atomic mass is 32.2. The molecule has 1 fully saturated rings. The first kappa shape index (κ1) is 19.5. The standard InChI is InChI=1S/C18H23FN4O3S/c1-12-17(18(24)21-15-6-4-5-14(19)11-15)20-13(2)23(12)16-7-9-22(10-8-16)27(3,25)26/h4-6,11,16H,7-10H2,1-3H3,(H,21,24). The van der Waals surface area contributed by atoms with Gasteiger partial charge in [0.25, 0.3) is 5.91 Å². The van der Waals surface area contributed by atoms with Crippen molar-refractivity contribution in [3.05, 3.63) is 47.3 Å². The molecule has 27 heavy (non-hydrogen) atoms. The number of nitrogens with zero attached hydrogens (tertiary/aromatic N) is 3. The largest absolute Gasteiger partial charge is 0.329 e. The van der Waals surface area contributed by atoms with E-state index in [0.717, 1.165) is 5.69 Å². The summed E-state index contributed by atoms with van der Waals surface area (Å²) in [6.07, 6.45) is 2.54. The van der Waals surface area contributed by atoms with Gasteiger partial charge in [-0.1, -0.05) is 6.07 Å². The lowest BCUT2D eigenvalue weighted by atomic mass is 10.1. The van der Waals surface area contributed by atoms with Gasteiger partial charge < -0.3 is 9.88 Å². The molecule has 0 radical (unpaired) electrons. The van der Waals surface area contributed by atoms with E-state index in [4.69, 9.17) is 0 Å². The Labute approximate surface area is 158 Å². The molecule has 0 aliphatic carbocycles. The molecule has 1 aliphatic heterocycles. The van der Waals surface area contributed by atoms with Gasteiger partial charge in [-0.15, -0.1) is 0 Å². The summed E-state index contributed by atoms with van der Waals surface area (Å²) in [7, 11) is -3.18. The van der Waals surface area contributed by atoms with E-state index in [1.54, 1.807) is 6.07 Å². The minimum absolute atomic E-state index is 0.0891. The molecule has 0 spiro atoms. The highest BCUT2D eigenvalue weighted by Crippen LogP contribution is 2.28. The van der Waals surface area contributed by atoms with Crippen LogP contribution in [-0.2, 0) is 10.0 Å². The molecule has 0 unspecified atom stereocenters. The number of carbonyl (C=O) groups is 1. The van der Waals surface area contributed by atoms with Crippen molar-refractivity contribution in [3.8, 4) is 0 Å². The van der Waals surface area contributed by atoms with Crippen LogP contribution in [0.3, 0.4) is 0 Å². The Balaban J connectivity index is 1.78. The third kappa shape index (κ3) is 4.19. The molecule has 1 saturated heterocycles. The topological polar surface area (TPSA) is 84.3 Å². The second-order valence-electron chi connectivity index (χ2n) is 6.82. The highest BCUT2D eigenvalue weighted by Gasteiger charge is 2.29. The summed E-state index contributed by atoms with van der Waals surface area (Å²) < 4.78 is 40.1. The van der Waals surface area contributed by atoms with Crippen molar-refractivity contribution in [2.45, 2.75) is 32.7 Å². The molecule has 0 bridgehead atoms. The molecule has 1 aromatic heterocycles. The van der Waals surface area contributed by atoms with Gasteiger partial charge in [-0.25, -0.2) is 22.1 Å². The lowest BCUT2D eigenvalue weighted by molar-refractivity contribution is 0.102. The van der Waals surface area contributed by atoms with Crippen LogP contribution in [0.25, 0.3) is 0 Å². The lowest BCUT2D eigenvalue weighted by Gasteiger charge is -2.32. The maximum Gasteiger partial charge on any atom is 0.276 e. The molecule has 0 saturated carbocycles. The molecule has 1 N–H and O–H groups in total. The zero-order valence-corrected chi connectivity index (χ0v) is 16.4. The zero-order chi connectivity index (χ0) is 19.8. The summed E-state index contributed by atoms with van der Waals surface area (Å²) >= 11 is 0. The predicted octanol–water partition coefficient (Wildman–Crippen LogP) is 2.49. The molecule has 3 rings (SSSR count). The van der Waals surface area contributed by atoms with Crippen LogP contribution < -0.4 is 5.32 Å². The fourth-order valence-corrected chi connectivity index (χ4v) is 4.47. The fourth-order valence-electron chi connectivity index (χ4n) is 3.60. The number of piperidine rings is 1. The van der Waals surface area contributed by atoms with E-state index in [1.807, 2.05) is 18.4 Å². The van der Waals surface area contributed by atoms with E-state index in [2.05, 4.69) is 10.3 Å². The second-order valence-corrected chi connectivity index (χ2v) is 8.80. The van der Waals surface area contributed by atoms with E-state index < -0.39 is 21.7 Å². The molecule has 2 aromatic rings. The molecule has 146 valence electrons. The predicted molar refractivity (Wildman–Crippen MR) is 101 cm³/mol. The number of aryl methyl sites for hydroxylation is 1. The van der Waals surface area contributed by atoms with Crippen molar-refractivity contribution in [2.75, 3.05) is 24.7 Å². The molecule has 1 aromatic carbocycles. The molecular weight excluding hydrogens is 371 g/mol. The SMILES string of the molecule is Cc1nc(C(=O)Nc2cccc(F)c2)c(C)n1C1CCN(S(C)(=O)=O)CC1. The second kappa shape index (κ2) is 7.40. The van der Waals surface area contributed by atoms with Crippen molar-refractivity contribution < 1.29 is 17.6 Å². The Hall–Kier alpha value is -2.26. The van der Waals surface area contributed by atoms with Crippen LogP contribution in [0.2, 0.25) is 0 Å². The number of benzene rings is 1. The summed E-state index contributed by atoms with van der Waals surface area (Å²) in [6.45, 7) is 4.55. The summed E-state index contributed by atoms with van der Waals surface area (Å²) in [6, 6.07) is 5.78. The maximum atomic E-state index is 13.3. The highest BCUT2D eigenvalue weighted by molar-refractivity contribution is 7.88. The smallest absolute Gasteiger partial charge is 0.276 e. The first-order valence-electron chi connectivity index (χ1n) is 8.74. The van der Waals surface area contributed by atoms with Crippen LogP contribution in [0.15, 0.2) is 24.3 Å². The molecule has 2 heterocycles. The average Bonchev–Trinajstić information content (AvgIpc) is 2.89. The van der Waals surface area contributed by atoms with Gasteiger partial charge in [0, 0.05) is 30.5 Å². The Kier molecular flexibility index (Phi) is 5.34. The minimum atomic E-state index is -3.18. The number of halogens is 1. The van der Waals surface area contributed by atoms with E-state index in [1.165, 1.54) is 28.8 Å². The van der Waals surface area contributed by atoms with Gasteiger partial charge in [0.1, 0.15) is 17.3 Å². The minimum Gasteiger partial charge on any atom is -0.329 e. The van der Waals surface area contributed by atoms with Crippen LogP contribution in [0, 0.1) is 19.7 Å². The van der Waals surface area contributed by atoms with Gasteiger partial charge in [-0.2, -0.15) is 0 Å². The number of nitrogens with one attached hydrogen (secondary N) is 1. The number of anilines is 1. The number of imidazole rings is 1. The normalized spacial score (nSPS) is 16.4. The summed E-state index contributed by atoms with van der Waals surface area (Å²) in [5.41, 5.74) is 1.38. The fraction of sp³-hybridized carbons (Fsp3) is 0.444. The number of aromatic nitrogens is 2. The average molecular weight is 394 g/mol. The zero-order valence-electron chi connectivity index (χ0n) is 15.6. The first-order valence-corrected chi connectivity index (χ1v) is 10.6. The molecule has 0 atom stereocenters. The van der Waals surface area contributed by atoms with Crippen LogP contribution in [0.5, 0.6) is 0 Å². The molecule has 9 heteroatoms. The third-order valence-electron chi connectivity index (χ3n) is 4.88. The monoisotopic (exact) mass is 394 g/mol. The lowest BCUT2D eigenvalue weighted by Crippen LogP contribution is -2.38. The Morgan fingerprint density at radius 3 is 2.52 bits per heavy atom. The van der Waals surface area contributed by atoms with Gasteiger partial charge in [0.2, 0.25) is 10.0 Å². The van der Waals surface area contributed by atoms with Crippen molar-refractivity contribution in [1.29, 1.82) is 0 Å². The Bertz CT molecular complexity index is 963. The van der Waals surface area contributed by atoms with Gasteiger partial charge in [0.05, 0.1) is 6.26 Å². The van der Waals surface area contributed by atoms with E-state index >= 15 is 0 Å². The number of hydrogen-bond donors (Lipinski definition) is 1. The summed E-state index contributed by atoms with van der Waals surface area (Å²) in [4.78, 5) is 17.0. The Morgan fingerprint density at radius 1 is 1.26 bits per heavy atom. The van der Waals surface area contributed by atoms with Crippen molar-refractivity contribution in [1.82, 2.24) is 13.9 Å². The van der Waals surface area contributed by atoms with Crippen LogP contribution >= 0.6 is 0 Å². The van der Waals surface area contributed by atoms with Crippen LogP contribution in [0.1, 0.15) is 40.9 Å². The van der Waals surface area contributed by atoms with Crippen molar-refractivity contribution in [3.63, 3.8) is 0 Å². The third-order valence-corrected chi connectivity index (χ3v) is 6.18. The number of amides is 1. The van der Waals surface area contributed by atoms with Crippen LogP contribution in [0.4, 0.5) is 10.1 Å². The quantitative estimate of drug-likeness (QED) is 0.863. The van der Waals surface area contributed by atoms with Crippen LogP contribution in [-0.4, -0.2) is 47.5 Å². The number of hydrogen-bond acceptors (Lipinski definition) is 4. The van der Waals surface area contributed by atoms with Crippen molar-refractivity contribution in [2.24, 2.45) is 0 Å². The van der Waals surface area contributed by atoms with Gasteiger partial charge in [0.15, 0.2) is 0 Å². The van der Waals surface area contributed by atoms with E-state index in [9.17, 15) is 17.6 Å². The van der Waals surface area contributed by atoms with Crippen molar-refractivity contribution >= 4 is 21.6 Å². The molecule has 1 amide bonds. The van der Waals surface area contributed by atoms with Gasteiger partial charge in [-0.05, 0) is 44.9 Å². The van der Waals surface area contributed by atoms with Gasteiger partial charge >= 0.3 is 0 Å². The molecule has 7 nitrogen and oxygen atoms in total. The van der Waals surface area contributed by atoms with E-state index in [-0.39, 0.29) is 6.04 Å². The molecule has 1 aliphatic rings. The first-order chi connectivity index (χ1) is 12.7. The summed E-state index contributed by atoms with van der Waals surface area (Å²) in [5, 5.41) is 2.67. The number of carbonyl (C=O) groups excluding carboxylic acids is 1.